The number of aromatic nitrogens is 3. The van der Waals surface area contributed by atoms with E-state index in [9.17, 15) is 4.79 Å². The summed E-state index contributed by atoms with van der Waals surface area (Å²) >= 11 is 0. The summed E-state index contributed by atoms with van der Waals surface area (Å²) in [5.41, 5.74) is 0.0405. The number of aryl methyl sites for hydroxylation is 2. The smallest absolute Gasteiger partial charge is 0.250 e. The predicted octanol–water partition coefficient (Wildman–Crippen LogP) is 1.87. The molecule has 2 aromatic heterocycles. The van der Waals surface area contributed by atoms with Gasteiger partial charge in [0.2, 0.25) is 0 Å². The van der Waals surface area contributed by atoms with Crippen LogP contribution in [0.2, 0.25) is 0 Å². The molecule has 0 radical (unpaired) electrons. The number of imidazole rings is 1. The van der Waals surface area contributed by atoms with E-state index < -0.39 is 0 Å². The molecule has 17 heavy (non-hydrogen) atoms. The molecule has 90 valence electrons. The fourth-order valence-electron chi connectivity index (χ4n) is 1.87. The first-order valence-corrected chi connectivity index (χ1v) is 5.85. The van der Waals surface area contributed by atoms with Gasteiger partial charge in [-0.1, -0.05) is 19.9 Å². The Kier molecular flexibility index (Phi) is 3.42. The van der Waals surface area contributed by atoms with Crippen LogP contribution >= 0.6 is 0 Å². The van der Waals surface area contributed by atoms with Gasteiger partial charge in [-0.2, -0.15) is 0 Å². The lowest BCUT2D eigenvalue weighted by Crippen LogP contribution is -2.21. The Labute approximate surface area is 101 Å². The molecule has 0 amide bonds. The summed E-state index contributed by atoms with van der Waals surface area (Å²) < 4.78 is 3.81. The first kappa shape index (κ1) is 11.6. The van der Waals surface area contributed by atoms with Crippen LogP contribution in [0.1, 0.15) is 25.6 Å². The van der Waals surface area contributed by atoms with Crippen LogP contribution in [0.5, 0.6) is 0 Å². The minimum absolute atomic E-state index is 0.0405. The van der Waals surface area contributed by atoms with E-state index in [2.05, 4.69) is 23.4 Å². The summed E-state index contributed by atoms with van der Waals surface area (Å²) in [5.74, 6) is 1.46. The van der Waals surface area contributed by atoms with E-state index in [4.69, 9.17) is 0 Å². The van der Waals surface area contributed by atoms with Crippen LogP contribution in [-0.2, 0) is 13.1 Å². The van der Waals surface area contributed by atoms with Gasteiger partial charge in [0.15, 0.2) is 0 Å². The van der Waals surface area contributed by atoms with Gasteiger partial charge in [0.25, 0.3) is 5.56 Å². The van der Waals surface area contributed by atoms with Gasteiger partial charge in [-0.3, -0.25) is 4.79 Å². The van der Waals surface area contributed by atoms with Gasteiger partial charge in [0, 0.05) is 43.7 Å². The van der Waals surface area contributed by atoms with E-state index in [0.717, 1.165) is 12.4 Å². The molecule has 0 aliphatic carbocycles. The molecule has 0 spiro atoms. The van der Waals surface area contributed by atoms with Crippen molar-refractivity contribution < 1.29 is 0 Å². The molecular weight excluding hydrogens is 214 g/mol. The van der Waals surface area contributed by atoms with Crippen molar-refractivity contribution in [2.24, 2.45) is 0 Å². The van der Waals surface area contributed by atoms with Crippen LogP contribution in [0.25, 0.3) is 0 Å². The molecule has 2 rings (SSSR count). The zero-order valence-corrected chi connectivity index (χ0v) is 10.2. The van der Waals surface area contributed by atoms with Crippen molar-refractivity contribution in [1.82, 2.24) is 14.1 Å². The monoisotopic (exact) mass is 231 g/mol. The minimum Gasteiger partial charge on any atom is -0.333 e. The zero-order chi connectivity index (χ0) is 12.3. The lowest BCUT2D eigenvalue weighted by atomic mass is 10.2. The summed E-state index contributed by atoms with van der Waals surface area (Å²) in [6.45, 7) is 5.69. The van der Waals surface area contributed by atoms with Crippen molar-refractivity contribution in [3.05, 3.63) is 53.0 Å². The molecule has 0 bridgehead atoms. The third kappa shape index (κ3) is 2.64. The Bertz CT molecular complexity index is 539. The summed E-state index contributed by atoms with van der Waals surface area (Å²) in [6.07, 6.45) is 5.58. The van der Waals surface area contributed by atoms with Gasteiger partial charge in [-0.05, 0) is 6.07 Å². The normalized spacial score (nSPS) is 11.0. The number of hydrogen-bond donors (Lipinski definition) is 0. The third-order valence-electron chi connectivity index (χ3n) is 2.74. The quantitative estimate of drug-likeness (QED) is 0.806. The highest BCUT2D eigenvalue weighted by molar-refractivity contribution is 4.98. The average Bonchev–Trinajstić information content (AvgIpc) is 2.76. The van der Waals surface area contributed by atoms with Crippen LogP contribution in [-0.4, -0.2) is 14.1 Å². The maximum atomic E-state index is 11.5. The first-order chi connectivity index (χ1) is 8.18. The molecule has 2 heterocycles. The SMILES string of the molecule is CC(C)c1nccn1CCn1ccccc1=O. The molecule has 0 fully saturated rings. The molecule has 4 heteroatoms. The Morgan fingerprint density at radius 2 is 1.94 bits per heavy atom. The summed E-state index contributed by atoms with van der Waals surface area (Å²) in [5, 5.41) is 0. The van der Waals surface area contributed by atoms with Crippen molar-refractivity contribution >= 4 is 0 Å². The Balaban J connectivity index is 2.10. The van der Waals surface area contributed by atoms with Crippen molar-refractivity contribution in [2.75, 3.05) is 0 Å². The standard InChI is InChI=1S/C13H17N3O/c1-11(2)13-14-6-8-16(13)10-9-15-7-4-3-5-12(15)17/h3-8,11H,9-10H2,1-2H3. The van der Waals surface area contributed by atoms with Crippen molar-refractivity contribution in [3.8, 4) is 0 Å². The fourth-order valence-corrected chi connectivity index (χ4v) is 1.87. The number of pyridine rings is 1. The molecule has 0 atom stereocenters. The third-order valence-corrected chi connectivity index (χ3v) is 2.74. The summed E-state index contributed by atoms with van der Waals surface area (Å²) in [6, 6.07) is 5.21. The molecule has 0 aliphatic rings. The summed E-state index contributed by atoms with van der Waals surface area (Å²) in [4.78, 5) is 15.9. The second kappa shape index (κ2) is 4.99. The van der Waals surface area contributed by atoms with E-state index >= 15 is 0 Å². The lowest BCUT2D eigenvalue weighted by molar-refractivity contribution is 0.536. The van der Waals surface area contributed by atoms with E-state index in [1.54, 1.807) is 16.7 Å². The second-order valence-corrected chi connectivity index (χ2v) is 4.37. The highest BCUT2D eigenvalue weighted by Gasteiger charge is 2.06. The maximum Gasteiger partial charge on any atom is 0.250 e. The molecule has 0 aliphatic heterocycles. The maximum absolute atomic E-state index is 11.5. The molecule has 2 aromatic rings. The van der Waals surface area contributed by atoms with Gasteiger partial charge < -0.3 is 9.13 Å². The van der Waals surface area contributed by atoms with Crippen molar-refractivity contribution in [2.45, 2.75) is 32.9 Å². The molecule has 0 saturated heterocycles. The van der Waals surface area contributed by atoms with Gasteiger partial charge in [0.1, 0.15) is 5.82 Å². The van der Waals surface area contributed by atoms with Gasteiger partial charge in [0.05, 0.1) is 0 Å². The minimum atomic E-state index is 0.0405. The largest absolute Gasteiger partial charge is 0.333 e. The first-order valence-electron chi connectivity index (χ1n) is 5.85. The van der Waals surface area contributed by atoms with E-state index in [1.165, 1.54) is 0 Å². The average molecular weight is 231 g/mol. The van der Waals surface area contributed by atoms with Gasteiger partial charge in [-0.25, -0.2) is 4.98 Å². The number of hydrogen-bond acceptors (Lipinski definition) is 2. The highest BCUT2D eigenvalue weighted by atomic mass is 16.1. The van der Waals surface area contributed by atoms with E-state index in [1.807, 2.05) is 24.7 Å². The second-order valence-electron chi connectivity index (χ2n) is 4.37. The molecular formula is C13H17N3O. The lowest BCUT2D eigenvalue weighted by Gasteiger charge is -2.11. The fraction of sp³-hybridized carbons (Fsp3) is 0.385. The van der Waals surface area contributed by atoms with Crippen LogP contribution in [0, 0.1) is 0 Å². The van der Waals surface area contributed by atoms with Crippen molar-refractivity contribution in [3.63, 3.8) is 0 Å². The van der Waals surface area contributed by atoms with Gasteiger partial charge in [-0.15, -0.1) is 0 Å². The van der Waals surface area contributed by atoms with Crippen LogP contribution in [0.3, 0.4) is 0 Å². The Morgan fingerprint density at radius 1 is 1.18 bits per heavy atom. The topological polar surface area (TPSA) is 39.8 Å². The number of nitrogens with zero attached hydrogens (tertiary/aromatic N) is 3. The molecule has 0 aromatic carbocycles. The van der Waals surface area contributed by atoms with Crippen LogP contribution < -0.4 is 5.56 Å². The van der Waals surface area contributed by atoms with E-state index in [-0.39, 0.29) is 5.56 Å². The van der Waals surface area contributed by atoms with Crippen molar-refractivity contribution in [1.29, 1.82) is 0 Å². The molecule has 0 saturated carbocycles. The molecule has 4 nitrogen and oxygen atoms in total. The molecule has 0 N–H and O–H groups in total. The van der Waals surface area contributed by atoms with Crippen LogP contribution in [0.15, 0.2) is 41.6 Å². The highest BCUT2D eigenvalue weighted by Crippen LogP contribution is 2.11. The van der Waals surface area contributed by atoms with E-state index in [0.29, 0.717) is 12.5 Å². The number of rotatable bonds is 4. The predicted molar refractivity (Wildman–Crippen MR) is 67.0 cm³/mol. The molecule has 0 unspecified atom stereocenters. The van der Waals surface area contributed by atoms with Gasteiger partial charge >= 0.3 is 0 Å². The Hall–Kier alpha value is -1.84. The zero-order valence-electron chi connectivity index (χ0n) is 10.2. The Morgan fingerprint density at radius 3 is 2.65 bits per heavy atom. The summed E-state index contributed by atoms with van der Waals surface area (Å²) in [7, 11) is 0. The van der Waals surface area contributed by atoms with Crippen LogP contribution in [0.4, 0.5) is 0 Å².